The highest BCUT2D eigenvalue weighted by Crippen LogP contribution is 2.18. The summed E-state index contributed by atoms with van der Waals surface area (Å²) in [5, 5.41) is 0. The fourth-order valence-electron chi connectivity index (χ4n) is 1.65. The fraction of sp³-hybridized carbons (Fsp3) is 0.125. The Labute approximate surface area is 107 Å². The molecule has 0 amide bonds. The monoisotopic (exact) mass is 240 g/mol. The summed E-state index contributed by atoms with van der Waals surface area (Å²) >= 11 is 0. The van der Waals surface area contributed by atoms with Crippen LogP contribution in [0.2, 0.25) is 0 Å². The lowest BCUT2D eigenvalue weighted by molar-refractivity contribution is 0.339. The zero-order valence-electron chi connectivity index (χ0n) is 10.4. The maximum absolute atomic E-state index is 5.36. The molecule has 0 aliphatic heterocycles. The molecule has 2 heterocycles. The molecule has 0 saturated carbocycles. The Kier molecular flexibility index (Phi) is 4.02. The summed E-state index contributed by atoms with van der Waals surface area (Å²) in [6.45, 7) is 6.37. The van der Waals surface area contributed by atoms with Crippen molar-refractivity contribution < 1.29 is 9.15 Å². The van der Waals surface area contributed by atoms with Crippen molar-refractivity contribution in [2.45, 2.75) is 6.92 Å². The Morgan fingerprint density at radius 3 is 2.11 bits per heavy atom. The molecule has 2 heteroatoms. The molecule has 0 N–H and O–H groups in total. The molecule has 0 saturated heterocycles. The van der Waals surface area contributed by atoms with Crippen molar-refractivity contribution in [3.63, 3.8) is 0 Å². The van der Waals surface area contributed by atoms with E-state index in [-0.39, 0.29) is 0 Å². The Morgan fingerprint density at radius 2 is 1.67 bits per heavy atom. The smallest absolute Gasteiger partial charge is 0.127 e. The second-order valence-corrected chi connectivity index (χ2v) is 3.75. The number of hydrogen-bond donors (Lipinski definition) is 0. The number of furan rings is 2. The molecule has 2 bridgehead atoms. The number of hydrogen-bond acceptors (Lipinski definition) is 2. The van der Waals surface area contributed by atoms with E-state index in [9.17, 15) is 0 Å². The van der Waals surface area contributed by atoms with Crippen LogP contribution in [-0.4, -0.2) is 6.61 Å². The third-order valence-electron chi connectivity index (χ3n) is 2.50. The average Bonchev–Trinajstić information content (AvgIpc) is 3.05. The van der Waals surface area contributed by atoms with E-state index in [1.54, 1.807) is 6.08 Å². The van der Waals surface area contributed by atoms with E-state index in [0.29, 0.717) is 6.61 Å². The molecule has 0 fully saturated rings. The van der Waals surface area contributed by atoms with E-state index in [1.807, 2.05) is 55.5 Å². The van der Waals surface area contributed by atoms with Crippen LogP contribution >= 0.6 is 0 Å². The van der Waals surface area contributed by atoms with Gasteiger partial charge in [-0.25, -0.2) is 0 Å². The maximum atomic E-state index is 5.36. The highest BCUT2D eigenvalue weighted by atomic mass is 16.5. The van der Waals surface area contributed by atoms with Crippen LogP contribution in [-0.2, 0) is 0 Å². The first-order chi connectivity index (χ1) is 8.83. The fourth-order valence-corrected chi connectivity index (χ4v) is 1.65. The molecule has 0 aliphatic rings. The molecule has 18 heavy (non-hydrogen) atoms. The van der Waals surface area contributed by atoms with Gasteiger partial charge in [-0.05, 0) is 37.3 Å². The largest absolute Gasteiger partial charge is 0.493 e. The minimum absolute atomic E-state index is 0.699. The first-order valence-electron chi connectivity index (χ1n) is 5.95. The van der Waals surface area contributed by atoms with Crippen molar-refractivity contribution in [1.82, 2.24) is 0 Å². The third-order valence-corrected chi connectivity index (χ3v) is 2.50. The standard InChI is InChI=1S/C10H12O.C6H4O/c1-3-9-7-5-6-8-10(9)11-4-2;1-2-6-4-3-5(1)7-6/h3,5-8H,1,4H2,2H3;1-4H. The number of rotatable bonds is 3. The van der Waals surface area contributed by atoms with E-state index >= 15 is 0 Å². The number of benzene rings is 2. The van der Waals surface area contributed by atoms with Crippen LogP contribution in [0.1, 0.15) is 12.5 Å². The van der Waals surface area contributed by atoms with Gasteiger partial charge in [0, 0.05) is 5.56 Å². The maximum Gasteiger partial charge on any atom is 0.127 e. The van der Waals surface area contributed by atoms with Gasteiger partial charge in [0.05, 0.1) is 6.61 Å². The Bertz CT molecular complexity index is 550. The summed E-state index contributed by atoms with van der Waals surface area (Å²) in [6, 6.07) is 15.7. The summed E-state index contributed by atoms with van der Waals surface area (Å²) in [6.07, 6.45) is 1.80. The molecule has 0 aliphatic carbocycles. The Morgan fingerprint density at radius 1 is 1.06 bits per heavy atom. The summed E-state index contributed by atoms with van der Waals surface area (Å²) in [5.74, 6) is 0.907. The minimum atomic E-state index is 0.699. The van der Waals surface area contributed by atoms with Crippen molar-refractivity contribution >= 4 is 17.2 Å². The Balaban J connectivity index is 0.000000146. The predicted molar refractivity (Wildman–Crippen MR) is 75.1 cm³/mol. The first kappa shape index (κ1) is 12.2. The van der Waals surface area contributed by atoms with E-state index < -0.39 is 0 Å². The van der Waals surface area contributed by atoms with Gasteiger partial charge in [0.1, 0.15) is 16.9 Å². The quantitative estimate of drug-likeness (QED) is 0.667. The van der Waals surface area contributed by atoms with Crippen LogP contribution in [0.25, 0.3) is 17.2 Å². The average molecular weight is 240 g/mol. The van der Waals surface area contributed by atoms with Crippen molar-refractivity contribution in [2.75, 3.05) is 6.61 Å². The summed E-state index contributed by atoms with van der Waals surface area (Å²) < 4.78 is 10.4. The van der Waals surface area contributed by atoms with Gasteiger partial charge in [-0.2, -0.15) is 0 Å². The normalized spacial score (nSPS) is 9.83. The van der Waals surface area contributed by atoms with Crippen LogP contribution in [0.4, 0.5) is 0 Å². The SMILES string of the molecule is C=Cc1ccccc1OCC.c1cc2ccc1o2. The van der Waals surface area contributed by atoms with Crippen molar-refractivity contribution in [3.05, 3.63) is 60.7 Å². The zero-order valence-corrected chi connectivity index (χ0v) is 10.4. The van der Waals surface area contributed by atoms with Crippen LogP contribution in [0.15, 0.2) is 59.5 Å². The van der Waals surface area contributed by atoms with E-state index in [0.717, 1.165) is 22.5 Å². The van der Waals surface area contributed by atoms with E-state index in [4.69, 9.17) is 9.15 Å². The summed E-state index contributed by atoms with van der Waals surface area (Å²) in [7, 11) is 0. The summed E-state index contributed by atoms with van der Waals surface area (Å²) in [5.41, 5.74) is 2.99. The second-order valence-electron chi connectivity index (χ2n) is 3.75. The van der Waals surface area contributed by atoms with Gasteiger partial charge in [-0.1, -0.05) is 30.9 Å². The van der Waals surface area contributed by atoms with Gasteiger partial charge < -0.3 is 9.15 Å². The molecule has 2 nitrogen and oxygen atoms in total. The van der Waals surface area contributed by atoms with Gasteiger partial charge in [0.2, 0.25) is 0 Å². The van der Waals surface area contributed by atoms with Crippen LogP contribution in [0.5, 0.6) is 5.75 Å². The van der Waals surface area contributed by atoms with E-state index in [1.165, 1.54) is 0 Å². The zero-order chi connectivity index (χ0) is 12.8. The van der Waals surface area contributed by atoms with Gasteiger partial charge in [0.15, 0.2) is 0 Å². The molecule has 0 spiro atoms. The van der Waals surface area contributed by atoms with Crippen LogP contribution in [0.3, 0.4) is 0 Å². The number of fused-ring (bicyclic) bond motifs is 2. The topological polar surface area (TPSA) is 22.4 Å². The summed E-state index contributed by atoms with van der Waals surface area (Å²) in [4.78, 5) is 0. The molecular weight excluding hydrogens is 224 g/mol. The molecule has 0 unspecified atom stereocenters. The van der Waals surface area contributed by atoms with Crippen molar-refractivity contribution in [1.29, 1.82) is 0 Å². The highest BCUT2D eigenvalue weighted by Gasteiger charge is 1.95. The van der Waals surface area contributed by atoms with Gasteiger partial charge >= 0.3 is 0 Å². The third kappa shape index (κ3) is 2.92. The van der Waals surface area contributed by atoms with Crippen LogP contribution < -0.4 is 4.74 Å². The van der Waals surface area contributed by atoms with Crippen molar-refractivity contribution in [3.8, 4) is 5.75 Å². The molecule has 3 rings (SSSR count). The lowest BCUT2D eigenvalue weighted by atomic mass is 10.2. The van der Waals surface area contributed by atoms with Gasteiger partial charge in [-0.3, -0.25) is 0 Å². The molecule has 2 aromatic heterocycles. The molecule has 1 aromatic carbocycles. The van der Waals surface area contributed by atoms with E-state index in [2.05, 4.69) is 6.58 Å². The minimum Gasteiger partial charge on any atom is -0.493 e. The number of ether oxygens (including phenoxy) is 1. The Hall–Kier alpha value is -2.22. The first-order valence-corrected chi connectivity index (χ1v) is 5.95. The highest BCUT2D eigenvalue weighted by molar-refractivity contribution is 5.59. The predicted octanol–water partition coefficient (Wildman–Crippen LogP) is 4.60. The molecule has 3 aromatic rings. The van der Waals surface area contributed by atoms with Gasteiger partial charge in [-0.15, -0.1) is 0 Å². The van der Waals surface area contributed by atoms with Gasteiger partial charge in [0.25, 0.3) is 0 Å². The molecular formula is C16H16O2. The van der Waals surface area contributed by atoms with Crippen molar-refractivity contribution in [2.24, 2.45) is 0 Å². The molecule has 0 atom stereocenters. The number of para-hydroxylation sites is 1. The van der Waals surface area contributed by atoms with Crippen LogP contribution in [0, 0.1) is 0 Å². The molecule has 0 radical (unpaired) electrons. The lowest BCUT2D eigenvalue weighted by Crippen LogP contribution is -1.92. The second kappa shape index (κ2) is 5.92. The molecule has 92 valence electrons. The lowest BCUT2D eigenvalue weighted by Gasteiger charge is -2.05.